The Bertz CT molecular complexity index is 647. The largest absolute Gasteiger partial charge is 0.462 e. The zero-order valence-corrected chi connectivity index (χ0v) is 20.1. The summed E-state index contributed by atoms with van der Waals surface area (Å²) in [7, 11) is 0. The van der Waals surface area contributed by atoms with Crippen LogP contribution in [0.2, 0.25) is 0 Å². The van der Waals surface area contributed by atoms with Gasteiger partial charge in [-0.3, -0.25) is 4.79 Å². The van der Waals surface area contributed by atoms with Crippen molar-refractivity contribution in [3.8, 4) is 0 Å². The zero-order chi connectivity index (χ0) is 25.5. The summed E-state index contributed by atoms with van der Waals surface area (Å²) in [6.45, 7) is 16.2. The fourth-order valence-corrected chi connectivity index (χ4v) is 2.37. The predicted molar refractivity (Wildman–Crippen MR) is 121 cm³/mol. The van der Waals surface area contributed by atoms with Crippen molar-refractivity contribution in [3.05, 3.63) is 38.0 Å². The number of ether oxygens (including phenoxy) is 5. The molecule has 0 heterocycles. The Labute approximate surface area is 195 Å². The molecule has 0 bridgehead atoms. The van der Waals surface area contributed by atoms with E-state index in [1.165, 1.54) is 0 Å². The molecule has 0 radical (unpaired) electrons. The summed E-state index contributed by atoms with van der Waals surface area (Å²) in [6.07, 6.45) is 3.71. The van der Waals surface area contributed by atoms with Gasteiger partial charge in [0.25, 0.3) is 0 Å². The van der Waals surface area contributed by atoms with Crippen LogP contribution in [0, 0.1) is 5.41 Å². The summed E-state index contributed by atoms with van der Waals surface area (Å²) in [5.74, 6) is -2.36. The number of esters is 3. The van der Waals surface area contributed by atoms with Crippen LogP contribution >= 0.6 is 0 Å². The lowest BCUT2D eigenvalue weighted by atomic mass is 9.91. The van der Waals surface area contributed by atoms with E-state index in [1.54, 1.807) is 13.8 Å². The molecule has 0 aromatic heterocycles. The third-order valence-corrected chi connectivity index (χ3v) is 4.47. The van der Waals surface area contributed by atoms with Crippen molar-refractivity contribution in [2.75, 3.05) is 33.0 Å². The second-order valence-corrected chi connectivity index (χ2v) is 8.18. The van der Waals surface area contributed by atoms with Crippen LogP contribution in [0.5, 0.6) is 0 Å². The van der Waals surface area contributed by atoms with Gasteiger partial charge in [-0.1, -0.05) is 19.7 Å². The number of hydrogen-bond donors (Lipinski definition) is 0. The minimum absolute atomic E-state index is 0.0693. The van der Waals surface area contributed by atoms with Crippen LogP contribution < -0.4 is 0 Å². The van der Waals surface area contributed by atoms with Gasteiger partial charge in [0.05, 0.1) is 18.1 Å². The Morgan fingerprint density at radius 1 is 0.788 bits per heavy atom. The van der Waals surface area contributed by atoms with Gasteiger partial charge in [-0.15, -0.1) is 0 Å². The molecule has 0 aromatic rings. The molecule has 0 N–H and O–H groups in total. The van der Waals surface area contributed by atoms with Crippen LogP contribution in [-0.2, 0) is 42.9 Å². The second kappa shape index (κ2) is 15.1. The quantitative estimate of drug-likeness (QED) is 0.130. The van der Waals surface area contributed by atoms with E-state index in [2.05, 4.69) is 19.7 Å². The molecule has 0 saturated carbocycles. The highest BCUT2D eigenvalue weighted by Crippen LogP contribution is 2.25. The minimum atomic E-state index is -1.30. The molecule has 9 nitrogen and oxygen atoms in total. The van der Waals surface area contributed by atoms with E-state index in [-0.39, 0.29) is 44.7 Å². The molecule has 0 aliphatic rings. The van der Waals surface area contributed by atoms with Crippen LogP contribution in [0.4, 0.5) is 0 Å². The monoisotopic (exact) mass is 468 g/mol. The van der Waals surface area contributed by atoms with Gasteiger partial charge in [-0.2, -0.15) is 0 Å². The highest BCUT2D eigenvalue weighted by atomic mass is 16.6. The number of rotatable bonds is 18. The van der Waals surface area contributed by atoms with Crippen molar-refractivity contribution < 1.29 is 42.9 Å². The molecule has 9 heteroatoms. The molecule has 0 aromatic carbocycles. The normalized spacial score (nSPS) is 11.4. The van der Waals surface area contributed by atoms with E-state index in [1.807, 2.05) is 13.8 Å². The summed E-state index contributed by atoms with van der Waals surface area (Å²) < 4.78 is 26.8. The highest BCUT2D eigenvalue weighted by molar-refractivity contribution is 5.86. The Hall–Kier alpha value is -2.78. The van der Waals surface area contributed by atoms with Crippen molar-refractivity contribution in [1.82, 2.24) is 0 Å². The number of hydrogen-bond acceptors (Lipinski definition) is 9. The predicted octanol–water partition coefficient (Wildman–Crippen LogP) is 2.73. The molecule has 0 aliphatic carbocycles. The Kier molecular flexibility index (Phi) is 13.9. The summed E-state index contributed by atoms with van der Waals surface area (Å²) in [6, 6.07) is 0. The molecule has 0 aliphatic heterocycles. The van der Waals surface area contributed by atoms with Crippen LogP contribution in [-0.4, -0.2) is 68.4 Å². The van der Waals surface area contributed by atoms with Gasteiger partial charge >= 0.3 is 17.9 Å². The summed E-state index contributed by atoms with van der Waals surface area (Å²) in [5, 5.41) is 0. The van der Waals surface area contributed by atoms with Crippen molar-refractivity contribution in [3.63, 3.8) is 0 Å². The number of carbonyl (C=O) groups is 4. The average molecular weight is 469 g/mol. The molecule has 0 atom stereocenters. The van der Waals surface area contributed by atoms with Crippen LogP contribution in [0.3, 0.4) is 0 Å². The zero-order valence-electron chi connectivity index (χ0n) is 20.1. The van der Waals surface area contributed by atoms with Gasteiger partial charge in [0.2, 0.25) is 0 Å². The molecule has 33 heavy (non-hydrogen) atoms. The summed E-state index contributed by atoms with van der Waals surface area (Å²) in [5.41, 5.74) is -2.51. The second-order valence-electron chi connectivity index (χ2n) is 8.18. The first kappa shape index (κ1) is 30.2. The number of ketones is 1. The Balaban J connectivity index is 5.50. The standard InChI is InChI=1S/C24H36O9/c1-8-20(26)30-14-24(15-31-21(27)9-2,16-32-22(28)10-3)17-33-23(6,7)19(25)12-11-13-29-18(4)5/h8-10,18H,1-3,11-17H2,4-7H3. The minimum Gasteiger partial charge on any atom is -0.462 e. The maximum absolute atomic E-state index is 12.7. The van der Waals surface area contributed by atoms with Gasteiger partial charge in [0.15, 0.2) is 5.78 Å². The van der Waals surface area contributed by atoms with E-state index in [0.717, 1.165) is 18.2 Å². The van der Waals surface area contributed by atoms with Crippen molar-refractivity contribution in [1.29, 1.82) is 0 Å². The van der Waals surface area contributed by atoms with E-state index < -0.39 is 28.9 Å². The van der Waals surface area contributed by atoms with Gasteiger partial charge in [0.1, 0.15) is 25.4 Å². The average Bonchev–Trinajstić information content (AvgIpc) is 2.79. The highest BCUT2D eigenvalue weighted by Gasteiger charge is 2.39. The molecule has 0 fully saturated rings. The van der Waals surface area contributed by atoms with E-state index >= 15 is 0 Å². The maximum Gasteiger partial charge on any atom is 0.330 e. The summed E-state index contributed by atoms with van der Waals surface area (Å²) >= 11 is 0. The van der Waals surface area contributed by atoms with Gasteiger partial charge in [-0.25, -0.2) is 14.4 Å². The molecule has 0 unspecified atom stereocenters. The van der Waals surface area contributed by atoms with Gasteiger partial charge in [-0.05, 0) is 34.1 Å². The van der Waals surface area contributed by atoms with Gasteiger partial charge in [0, 0.05) is 31.3 Å². The van der Waals surface area contributed by atoms with Gasteiger partial charge < -0.3 is 23.7 Å². The lowest BCUT2D eigenvalue weighted by Crippen LogP contribution is -2.47. The number of carbonyl (C=O) groups excluding carboxylic acids is 4. The SMILES string of the molecule is C=CC(=O)OCC(COC(=O)C=C)(COC(=O)C=C)COC(C)(C)C(=O)CCCOC(C)C. The fraction of sp³-hybridized carbons (Fsp3) is 0.583. The number of Topliss-reactive ketones (excluding diaryl/α,β-unsaturated/α-hetero) is 1. The lowest BCUT2D eigenvalue weighted by Gasteiger charge is -2.35. The first-order valence-electron chi connectivity index (χ1n) is 10.6. The smallest absolute Gasteiger partial charge is 0.330 e. The van der Waals surface area contributed by atoms with Crippen molar-refractivity contribution in [2.24, 2.45) is 5.41 Å². The first-order valence-corrected chi connectivity index (χ1v) is 10.6. The van der Waals surface area contributed by atoms with E-state index in [4.69, 9.17) is 23.7 Å². The Morgan fingerprint density at radius 3 is 1.58 bits per heavy atom. The fourth-order valence-electron chi connectivity index (χ4n) is 2.37. The van der Waals surface area contributed by atoms with Crippen LogP contribution in [0.25, 0.3) is 0 Å². The molecule has 186 valence electrons. The third-order valence-electron chi connectivity index (χ3n) is 4.47. The lowest BCUT2D eigenvalue weighted by molar-refractivity contribution is -0.171. The molecular weight excluding hydrogens is 432 g/mol. The van der Waals surface area contributed by atoms with E-state index in [9.17, 15) is 19.2 Å². The first-order chi connectivity index (χ1) is 15.4. The molecular formula is C24H36O9. The van der Waals surface area contributed by atoms with E-state index in [0.29, 0.717) is 13.0 Å². The summed E-state index contributed by atoms with van der Waals surface area (Å²) in [4.78, 5) is 47.7. The van der Waals surface area contributed by atoms with Crippen LogP contribution in [0.15, 0.2) is 38.0 Å². The Morgan fingerprint density at radius 2 is 1.21 bits per heavy atom. The molecule has 0 saturated heterocycles. The maximum atomic E-state index is 12.7. The van der Waals surface area contributed by atoms with Crippen molar-refractivity contribution >= 4 is 23.7 Å². The van der Waals surface area contributed by atoms with Crippen molar-refractivity contribution in [2.45, 2.75) is 52.2 Å². The molecule has 0 amide bonds. The molecule has 0 rings (SSSR count). The topological polar surface area (TPSA) is 114 Å². The van der Waals surface area contributed by atoms with Crippen LogP contribution in [0.1, 0.15) is 40.5 Å². The third kappa shape index (κ3) is 12.7. The molecule has 0 spiro atoms.